The van der Waals surface area contributed by atoms with Gasteiger partial charge in [-0.2, -0.15) is 0 Å². The van der Waals surface area contributed by atoms with E-state index in [1.54, 1.807) is 0 Å². The molecule has 25 heavy (non-hydrogen) atoms. The molecule has 1 aromatic carbocycles. The second-order valence-corrected chi connectivity index (χ2v) is 7.22. The number of hydrogen-bond acceptors (Lipinski definition) is 2. The lowest BCUT2D eigenvalue weighted by Gasteiger charge is -2.26. The van der Waals surface area contributed by atoms with Crippen molar-refractivity contribution in [3.05, 3.63) is 63.7 Å². The Kier molecular flexibility index (Phi) is 7.52. The van der Waals surface area contributed by atoms with E-state index in [9.17, 15) is 4.79 Å². The first-order valence-electron chi connectivity index (χ1n) is 8.56. The van der Waals surface area contributed by atoms with Crippen molar-refractivity contribution in [2.75, 3.05) is 11.9 Å². The molecule has 0 amide bonds. The lowest BCUT2D eigenvalue weighted by atomic mass is 9.85. The monoisotopic (exact) mass is 422 g/mol. The van der Waals surface area contributed by atoms with Gasteiger partial charge < -0.3 is 4.74 Å². The highest BCUT2D eigenvalue weighted by molar-refractivity contribution is 9.09. The van der Waals surface area contributed by atoms with Gasteiger partial charge in [-0.25, -0.2) is 0 Å². The second-order valence-electron chi connectivity index (χ2n) is 6.13. The summed E-state index contributed by atoms with van der Waals surface area (Å²) in [5.41, 5.74) is 4.00. The van der Waals surface area contributed by atoms with Crippen LogP contribution in [0.3, 0.4) is 0 Å². The summed E-state index contributed by atoms with van der Waals surface area (Å²) >= 11 is 9.50. The SMILES string of the molecule is C\C=C(C(=O)C1COc2ccc(Cl)cc2C1)/C(/C=C\CBr)=C(/C)CC. The van der Waals surface area contributed by atoms with Crippen molar-refractivity contribution in [1.82, 2.24) is 0 Å². The van der Waals surface area contributed by atoms with E-state index in [0.29, 0.717) is 18.1 Å². The Balaban J connectivity index is 2.30. The highest BCUT2D eigenvalue weighted by Crippen LogP contribution is 2.32. The van der Waals surface area contributed by atoms with Gasteiger partial charge in [-0.15, -0.1) is 0 Å². The van der Waals surface area contributed by atoms with E-state index in [1.807, 2.05) is 43.4 Å². The van der Waals surface area contributed by atoms with Crippen LogP contribution >= 0.6 is 27.5 Å². The van der Waals surface area contributed by atoms with Crippen molar-refractivity contribution < 1.29 is 9.53 Å². The number of hydrogen-bond donors (Lipinski definition) is 0. The van der Waals surface area contributed by atoms with Crippen LogP contribution in [0, 0.1) is 5.92 Å². The molecule has 4 heteroatoms. The van der Waals surface area contributed by atoms with Crippen LogP contribution in [-0.4, -0.2) is 17.7 Å². The minimum Gasteiger partial charge on any atom is -0.493 e. The van der Waals surface area contributed by atoms with Gasteiger partial charge in [-0.1, -0.05) is 58.3 Å². The number of Topliss-reactive ketones (excluding diaryl/α,β-unsaturated/α-hetero) is 1. The highest BCUT2D eigenvalue weighted by atomic mass is 79.9. The zero-order chi connectivity index (χ0) is 18.4. The van der Waals surface area contributed by atoms with Gasteiger partial charge in [0.1, 0.15) is 5.75 Å². The molecule has 1 atom stereocenters. The number of ether oxygens (including phenoxy) is 1. The van der Waals surface area contributed by atoms with E-state index < -0.39 is 0 Å². The van der Waals surface area contributed by atoms with E-state index >= 15 is 0 Å². The molecule has 0 spiro atoms. The number of carbonyl (C=O) groups excluding carboxylic acids is 1. The molecule has 134 valence electrons. The van der Waals surface area contributed by atoms with Crippen molar-refractivity contribution in [3.63, 3.8) is 0 Å². The maximum Gasteiger partial charge on any atom is 0.169 e. The number of rotatable bonds is 6. The van der Waals surface area contributed by atoms with E-state index in [0.717, 1.165) is 34.2 Å². The van der Waals surface area contributed by atoms with Crippen LogP contribution < -0.4 is 4.74 Å². The number of halogens is 2. The predicted molar refractivity (Wildman–Crippen MR) is 109 cm³/mol. The van der Waals surface area contributed by atoms with Gasteiger partial charge in [0.15, 0.2) is 5.78 Å². The van der Waals surface area contributed by atoms with Gasteiger partial charge >= 0.3 is 0 Å². The first-order valence-corrected chi connectivity index (χ1v) is 10.1. The van der Waals surface area contributed by atoms with Gasteiger partial charge in [0.05, 0.1) is 12.5 Å². The largest absolute Gasteiger partial charge is 0.493 e. The number of benzene rings is 1. The summed E-state index contributed by atoms with van der Waals surface area (Å²) in [6, 6.07) is 5.58. The van der Waals surface area contributed by atoms with Crippen molar-refractivity contribution >= 4 is 33.3 Å². The Morgan fingerprint density at radius 3 is 2.84 bits per heavy atom. The molecule has 0 saturated carbocycles. The molecule has 0 bridgehead atoms. The summed E-state index contributed by atoms with van der Waals surface area (Å²) in [6.07, 6.45) is 7.55. The van der Waals surface area contributed by atoms with Gasteiger partial charge in [-0.3, -0.25) is 4.79 Å². The molecule has 1 unspecified atom stereocenters. The van der Waals surface area contributed by atoms with Gasteiger partial charge in [0, 0.05) is 15.9 Å². The van der Waals surface area contributed by atoms with Crippen LogP contribution in [0.15, 0.2) is 53.1 Å². The Bertz CT molecular complexity index is 731. The summed E-state index contributed by atoms with van der Waals surface area (Å²) in [4.78, 5) is 13.2. The normalized spacial score (nSPS) is 18.6. The highest BCUT2D eigenvalue weighted by Gasteiger charge is 2.29. The number of carbonyl (C=O) groups is 1. The number of alkyl halides is 1. The summed E-state index contributed by atoms with van der Waals surface area (Å²) in [7, 11) is 0. The fourth-order valence-electron chi connectivity index (χ4n) is 3.00. The maximum atomic E-state index is 13.2. The molecular weight excluding hydrogens is 400 g/mol. The Morgan fingerprint density at radius 1 is 1.44 bits per heavy atom. The third-order valence-corrected chi connectivity index (χ3v) is 5.12. The fourth-order valence-corrected chi connectivity index (χ4v) is 3.38. The number of ketones is 1. The van der Waals surface area contributed by atoms with Gasteiger partial charge in [0.2, 0.25) is 0 Å². The van der Waals surface area contributed by atoms with Crippen LogP contribution in [0.2, 0.25) is 5.02 Å². The lowest BCUT2D eigenvalue weighted by Crippen LogP contribution is -2.29. The summed E-state index contributed by atoms with van der Waals surface area (Å²) in [5, 5.41) is 1.43. The molecule has 1 aliphatic rings. The standard InChI is InChI=1S/C21H24BrClO2/c1-4-14(3)19(7-6-10-22)18(5-2)21(24)16-11-15-12-17(23)8-9-20(15)25-13-16/h5-9,12,16H,4,10-11,13H2,1-3H3/b7-6-,18-5+,19-14-. The molecule has 2 rings (SSSR count). The molecule has 1 aromatic rings. The van der Waals surface area contributed by atoms with Crippen LogP contribution in [0.4, 0.5) is 0 Å². The fraction of sp³-hybridized carbons (Fsp3) is 0.381. The summed E-state index contributed by atoms with van der Waals surface area (Å²) in [5.74, 6) is 0.777. The Morgan fingerprint density at radius 2 is 2.20 bits per heavy atom. The van der Waals surface area contributed by atoms with Gasteiger partial charge in [-0.05, 0) is 56.0 Å². The van der Waals surface area contributed by atoms with E-state index in [-0.39, 0.29) is 11.7 Å². The minimum absolute atomic E-state index is 0.134. The summed E-state index contributed by atoms with van der Waals surface area (Å²) < 4.78 is 5.81. The third kappa shape index (κ3) is 4.86. The molecule has 0 aliphatic carbocycles. The maximum absolute atomic E-state index is 13.2. The van der Waals surface area contributed by atoms with E-state index in [2.05, 4.69) is 29.8 Å². The first kappa shape index (κ1) is 20.0. The van der Waals surface area contributed by atoms with E-state index in [1.165, 1.54) is 5.57 Å². The van der Waals surface area contributed by atoms with Gasteiger partial charge in [0.25, 0.3) is 0 Å². The smallest absolute Gasteiger partial charge is 0.169 e. The van der Waals surface area contributed by atoms with E-state index in [4.69, 9.17) is 16.3 Å². The molecule has 2 nitrogen and oxygen atoms in total. The van der Waals surface area contributed by atoms with Crippen LogP contribution in [0.25, 0.3) is 0 Å². The number of allylic oxidation sites excluding steroid dienone is 6. The van der Waals surface area contributed by atoms with Crippen LogP contribution in [0.5, 0.6) is 5.75 Å². The molecule has 0 fully saturated rings. The molecule has 0 N–H and O–H groups in total. The van der Waals surface area contributed by atoms with Crippen LogP contribution in [-0.2, 0) is 11.2 Å². The Labute approximate surface area is 163 Å². The zero-order valence-corrected chi connectivity index (χ0v) is 17.3. The second kappa shape index (κ2) is 9.40. The van der Waals surface area contributed by atoms with Crippen LogP contribution in [0.1, 0.15) is 32.8 Å². The topological polar surface area (TPSA) is 26.3 Å². The number of fused-ring (bicyclic) bond motifs is 1. The minimum atomic E-state index is -0.186. The van der Waals surface area contributed by atoms with Crippen molar-refractivity contribution in [3.8, 4) is 5.75 Å². The molecule has 0 aromatic heterocycles. The predicted octanol–water partition coefficient (Wildman–Crippen LogP) is 6.08. The third-order valence-electron chi connectivity index (χ3n) is 4.51. The molecule has 0 saturated heterocycles. The molecule has 1 heterocycles. The van der Waals surface area contributed by atoms with Crippen molar-refractivity contribution in [2.45, 2.75) is 33.6 Å². The van der Waals surface area contributed by atoms with Crippen molar-refractivity contribution in [1.29, 1.82) is 0 Å². The zero-order valence-electron chi connectivity index (χ0n) is 14.9. The average molecular weight is 424 g/mol. The molecular formula is C21H24BrClO2. The Hall–Kier alpha value is -1.32. The quantitative estimate of drug-likeness (QED) is 0.315. The van der Waals surface area contributed by atoms with Crippen molar-refractivity contribution in [2.24, 2.45) is 5.92 Å². The molecule has 0 radical (unpaired) electrons. The average Bonchev–Trinajstić information content (AvgIpc) is 2.63. The summed E-state index contributed by atoms with van der Waals surface area (Å²) in [6.45, 7) is 6.52. The lowest BCUT2D eigenvalue weighted by molar-refractivity contribution is -0.120. The molecule has 1 aliphatic heterocycles. The first-order chi connectivity index (χ1) is 12.0.